The van der Waals surface area contributed by atoms with Crippen molar-refractivity contribution in [3.63, 3.8) is 0 Å². The first-order valence-electron chi connectivity index (χ1n) is 7.78. The van der Waals surface area contributed by atoms with Crippen LogP contribution in [0.25, 0.3) is 21.5 Å². The molecule has 2 heterocycles. The second-order valence-electron chi connectivity index (χ2n) is 5.43. The van der Waals surface area contributed by atoms with Gasteiger partial charge in [-0.15, -0.1) is 0 Å². The van der Waals surface area contributed by atoms with Gasteiger partial charge in [-0.2, -0.15) is 0 Å². The van der Waals surface area contributed by atoms with Crippen molar-refractivity contribution in [2.24, 2.45) is 5.73 Å². The predicted octanol–water partition coefficient (Wildman–Crippen LogP) is 3.27. The molecule has 4 rings (SSSR count). The average Bonchev–Trinajstić information content (AvgIpc) is 2.67. The third-order valence-electron chi connectivity index (χ3n) is 3.78. The number of hydrogen-bond acceptors (Lipinski definition) is 4. The van der Waals surface area contributed by atoms with Crippen molar-refractivity contribution in [1.29, 1.82) is 0 Å². The van der Waals surface area contributed by atoms with Crippen LogP contribution in [-0.2, 0) is 0 Å². The Hall–Kier alpha value is -3.80. The highest BCUT2D eigenvalue weighted by atomic mass is 16.4. The SMILES string of the molecule is NC(=O)c1nccc2ccccc12.O=C(O)c1nccc2ccccc12. The molecule has 1 amide bonds. The zero-order valence-electron chi connectivity index (χ0n) is 13.7. The van der Waals surface area contributed by atoms with E-state index < -0.39 is 11.9 Å². The van der Waals surface area contributed by atoms with Crippen molar-refractivity contribution >= 4 is 33.4 Å². The largest absolute Gasteiger partial charge is 0.476 e. The summed E-state index contributed by atoms with van der Waals surface area (Å²) < 4.78 is 0. The molecule has 0 spiro atoms. The maximum absolute atomic E-state index is 11.0. The molecule has 0 atom stereocenters. The number of carboxylic acids is 1. The smallest absolute Gasteiger partial charge is 0.355 e. The van der Waals surface area contributed by atoms with E-state index in [9.17, 15) is 9.59 Å². The lowest BCUT2D eigenvalue weighted by atomic mass is 10.1. The number of pyridine rings is 2. The number of benzene rings is 2. The monoisotopic (exact) mass is 345 g/mol. The average molecular weight is 345 g/mol. The number of aromatic nitrogens is 2. The minimum Gasteiger partial charge on any atom is -0.476 e. The highest BCUT2D eigenvalue weighted by Crippen LogP contribution is 2.16. The number of nitrogens with zero attached hydrogens (tertiary/aromatic N) is 2. The van der Waals surface area contributed by atoms with Crippen LogP contribution in [0.1, 0.15) is 21.0 Å². The number of nitrogens with two attached hydrogens (primary N) is 1. The molecule has 0 saturated heterocycles. The molecule has 26 heavy (non-hydrogen) atoms. The van der Waals surface area contributed by atoms with E-state index in [4.69, 9.17) is 10.8 Å². The Labute approximate surface area is 148 Å². The van der Waals surface area contributed by atoms with Crippen molar-refractivity contribution in [2.45, 2.75) is 0 Å². The molecule has 6 heteroatoms. The van der Waals surface area contributed by atoms with Gasteiger partial charge >= 0.3 is 5.97 Å². The van der Waals surface area contributed by atoms with E-state index in [-0.39, 0.29) is 5.69 Å². The first-order valence-corrected chi connectivity index (χ1v) is 7.78. The van der Waals surface area contributed by atoms with E-state index in [1.54, 1.807) is 24.4 Å². The third-order valence-corrected chi connectivity index (χ3v) is 3.78. The van der Waals surface area contributed by atoms with Crippen LogP contribution in [0.3, 0.4) is 0 Å². The number of carbonyl (C=O) groups is 2. The molecule has 0 fully saturated rings. The van der Waals surface area contributed by atoms with Gasteiger partial charge in [0.2, 0.25) is 0 Å². The van der Waals surface area contributed by atoms with Gasteiger partial charge in [-0.05, 0) is 22.9 Å². The molecule has 6 nitrogen and oxygen atoms in total. The second kappa shape index (κ2) is 7.40. The first-order chi connectivity index (χ1) is 12.6. The molecule has 128 valence electrons. The van der Waals surface area contributed by atoms with Crippen LogP contribution in [0.4, 0.5) is 0 Å². The van der Waals surface area contributed by atoms with Crippen LogP contribution in [0.15, 0.2) is 73.1 Å². The zero-order chi connectivity index (χ0) is 18.5. The zero-order valence-corrected chi connectivity index (χ0v) is 13.7. The molecule has 0 aliphatic heterocycles. The molecule has 0 unspecified atom stereocenters. The van der Waals surface area contributed by atoms with Crippen LogP contribution in [0.2, 0.25) is 0 Å². The molecule has 3 N–H and O–H groups in total. The molecule has 4 aromatic rings. The van der Waals surface area contributed by atoms with Gasteiger partial charge in [0, 0.05) is 23.2 Å². The predicted molar refractivity (Wildman–Crippen MR) is 99.0 cm³/mol. The summed E-state index contributed by atoms with van der Waals surface area (Å²) in [6.45, 7) is 0. The van der Waals surface area contributed by atoms with Crippen molar-refractivity contribution in [1.82, 2.24) is 9.97 Å². The number of fused-ring (bicyclic) bond motifs is 2. The number of aromatic carboxylic acids is 1. The Bertz CT molecular complexity index is 1010. The number of carbonyl (C=O) groups excluding carboxylic acids is 1. The Balaban J connectivity index is 0.000000151. The fraction of sp³-hybridized carbons (Fsp3) is 0. The molecule has 2 aromatic heterocycles. The summed E-state index contributed by atoms with van der Waals surface area (Å²) in [5.41, 5.74) is 5.62. The number of rotatable bonds is 2. The Morgan fingerprint density at radius 1 is 0.731 bits per heavy atom. The number of carboxylic acid groups (broad SMARTS) is 1. The van der Waals surface area contributed by atoms with Crippen LogP contribution in [-0.4, -0.2) is 27.0 Å². The van der Waals surface area contributed by atoms with Gasteiger partial charge in [-0.3, -0.25) is 9.78 Å². The Morgan fingerprint density at radius 2 is 1.19 bits per heavy atom. The van der Waals surface area contributed by atoms with Crippen molar-refractivity contribution in [3.8, 4) is 0 Å². The van der Waals surface area contributed by atoms with Crippen LogP contribution >= 0.6 is 0 Å². The van der Waals surface area contributed by atoms with Gasteiger partial charge in [0.05, 0.1) is 0 Å². The third kappa shape index (κ3) is 3.49. The second-order valence-corrected chi connectivity index (χ2v) is 5.43. The maximum Gasteiger partial charge on any atom is 0.355 e. The highest BCUT2D eigenvalue weighted by molar-refractivity contribution is 6.04. The quantitative estimate of drug-likeness (QED) is 0.580. The Kier molecular flexibility index (Phi) is 4.85. The molecule has 0 bridgehead atoms. The summed E-state index contributed by atoms with van der Waals surface area (Å²) in [6, 6.07) is 18.5. The molecular formula is C20H15N3O3. The van der Waals surface area contributed by atoms with E-state index >= 15 is 0 Å². The van der Waals surface area contributed by atoms with E-state index in [1.807, 2.05) is 42.5 Å². The minimum atomic E-state index is -0.989. The normalized spacial score (nSPS) is 10.2. The molecule has 0 radical (unpaired) electrons. The van der Waals surface area contributed by atoms with Gasteiger partial charge in [-0.1, -0.05) is 48.5 Å². The molecular weight excluding hydrogens is 330 g/mol. The summed E-state index contributed by atoms with van der Waals surface area (Å²) in [6.07, 6.45) is 3.09. The van der Waals surface area contributed by atoms with Gasteiger partial charge in [0.15, 0.2) is 5.69 Å². The molecule has 0 saturated carbocycles. The number of amides is 1. The molecule has 0 aliphatic carbocycles. The van der Waals surface area contributed by atoms with Gasteiger partial charge in [0.1, 0.15) is 5.69 Å². The van der Waals surface area contributed by atoms with Gasteiger partial charge in [-0.25, -0.2) is 9.78 Å². The van der Waals surface area contributed by atoms with Crippen LogP contribution in [0, 0.1) is 0 Å². The highest BCUT2D eigenvalue weighted by Gasteiger charge is 2.08. The summed E-state index contributed by atoms with van der Waals surface area (Å²) in [5, 5.41) is 12.2. The lowest BCUT2D eigenvalue weighted by molar-refractivity contribution is 0.0692. The maximum atomic E-state index is 11.0. The summed E-state index contributed by atoms with van der Waals surface area (Å²) in [5.74, 6) is -1.48. The first kappa shape index (κ1) is 17.0. The summed E-state index contributed by atoms with van der Waals surface area (Å²) in [7, 11) is 0. The van der Waals surface area contributed by atoms with Crippen LogP contribution < -0.4 is 5.73 Å². The Morgan fingerprint density at radius 3 is 1.69 bits per heavy atom. The van der Waals surface area contributed by atoms with Crippen molar-refractivity contribution in [2.75, 3.05) is 0 Å². The van der Waals surface area contributed by atoms with Crippen LogP contribution in [0.5, 0.6) is 0 Å². The molecule has 2 aromatic carbocycles. The van der Waals surface area contributed by atoms with E-state index in [1.165, 1.54) is 6.20 Å². The van der Waals surface area contributed by atoms with Crippen molar-refractivity contribution < 1.29 is 14.7 Å². The lowest BCUT2D eigenvalue weighted by Gasteiger charge is -2.00. The van der Waals surface area contributed by atoms with E-state index in [0.29, 0.717) is 11.1 Å². The number of primary amides is 1. The summed E-state index contributed by atoms with van der Waals surface area (Å²) >= 11 is 0. The fourth-order valence-electron chi connectivity index (χ4n) is 2.61. The number of hydrogen-bond donors (Lipinski definition) is 2. The minimum absolute atomic E-state index is 0.109. The standard InChI is InChI=1S/C10H8N2O.C10H7NO2/c11-10(13)9-8-4-2-1-3-7(8)5-6-12-9;12-10(13)9-8-4-2-1-3-7(8)5-6-11-9/h1-6H,(H2,11,13);1-6H,(H,12,13). The van der Waals surface area contributed by atoms with Gasteiger partial charge < -0.3 is 10.8 Å². The van der Waals surface area contributed by atoms with Gasteiger partial charge in [0.25, 0.3) is 5.91 Å². The van der Waals surface area contributed by atoms with Crippen molar-refractivity contribution in [3.05, 3.63) is 84.4 Å². The molecule has 0 aliphatic rings. The lowest BCUT2D eigenvalue weighted by Crippen LogP contribution is -2.13. The summed E-state index contributed by atoms with van der Waals surface area (Å²) in [4.78, 5) is 29.5. The van der Waals surface area contributed by atoms with E-state index in [0.717, 1.165) is 16.2 Å². The van der Waals surface area contributed by atoms with E-state index in [2.05, 4.69) is 9.97 Å². The topological polar surface area (TPSA) is 106 Å². The fourth-order valence-corrected chi connectivity index (χ4v) is 2.61.